The molecule has 2 N–H and O–H groups in total. The van der Waals surface area contributed by atoms with E-state index in [2.05, 4.69) is 23.6 Å². The molecular formula is C19H24N2O3. The van der Waals surface area contributed by atoms with E-state index in [0.717, 1.165) is 12.1 Å². The molecule has 1 amide bonds. The van der Waals surface area contributed by atoms with Gasteiger partial charge in [0.2, 0.25) is 5.91 Å². The minimum atomic E-state index is -0.0805. The van der Waals surface area contributed by atoms with Crippen molar-refractivity contribution in [3.63, 3.8) is 0 Å². The van der Waals surface area contributed by atoms with Crippen LogP contribution in [0.3, 0.4) is 0 Å². The van der Waals surface area contributed by atoms with Crippen molar-refractivity contribution in [2.75, 3.05) is 31.4 Å². The number of hydrogen-bond acceptors (Lipinski definition) is 4. The van der Waals surface area contributed by atoms with E-state index in [1.807, 2.05) is 18.2 Å². The number of carbonyl (C=O) groups is 1. The van der Waals surface area contributed by atoms with E-state index < -0.39 is 0 Å². The van der Waals surface area contributed by atoms with Gasteiger partial charge in [0.25, 0.3) is 0 Å². The summed E-state index contributed by atoms with van der Waals surface area (Å²) in [6.45, 7) is 2.68. The maximum Gasteiger partial charge on any atom is 0.226 e. The molecule has 2 aromatic carbocycles. The van der Waals surface area contributed by atoms with Gasteiger partial charge in [0.15, 0.2) is 0 Å². The highest BCUT2D eigenvalue weighted by Crippen LogP contribution is 2.28. The van der Waals surface area contributed by atoms with Crippen molar-refractivity contribution in [2.24, 2.45) is 0 Å². The monoisotopic (exact) mass is 328 g/mol. The predicted octanol–water partition coefficient (Wildman–Crippen LogP) is 3.71. The molecule has 0 aliphatic heterocycles. The maximum absolute atomic E-state index is 12.2. The molecule has 2 aromatic rings. The average molecular weight is 328 g/mol. The second-order valence-electron chi connectivity index (χ2n) is 5.30. The standard InChI is InChI=1S/C19H24N2O3/c1-4-14-7-5-6-8-16(14)20-12-11-19(22)21-17-13-15(23-2)9-10-18(17)24-3/h5-10,13,20H,4,11-12H2,1-3H3,(H,21,22). The van der Waals surface area contributed by atoms with Crippen molar-refractivity contribution < 1.29 is 14.3 Å². The lowest BCUT2D eigenvalue weighted by Crippen LogP contribution is -2.17. The maximum atomic E-state index is 12.2. The fourth-order valence-corrected chi connectivity index (χ4v) is 2.44. The van der Waals surface area contributed by atoms with E-state index in [0.29, 0.717) is 30.2 Å². The number of nitrogens with one attached hydrogen (secondary N) is 2. The van der Waals surface area contributed by atoms with E-state index in [1.165, 1.54) is 5.56 Å². The highest BCUT2D eigenvalue weighted by Gasteiger charge is 2.09. The molecule has 0 radical (unpaired) electrons. The number of rotatable bonds is 8. The molecule has 128 valence electrons. The van der Waals surface area contributed by atoms with Crippen LogP contribution in [0.4, 0.5) is 11.4 Å². The molecule has 24 heavy (non-hydrogen) atoms. The zero-order valence-electron chi connectivity index (χ0n) is 14.4. The Hall–Kier alpha value is -2.69. The van der Waals surface area contributed by atoms with E-state index in [-0.39, 0.29) is 5.91 Å². The Morgan fingerprint density at radius 1 is 1.04 bits per heavy atom. The van der Waals surface area contributed by atoms with Crippen LogP contribution in [0.5, 0.6) is 11.5 Å². The molecule has 0 aromatic heterocycles. The summed E-state index contributed by atoms with van der Waals surface area (Å²) >= 11 is 0. The molecular weight excluding hydrogens is 304 g/mol. The molecule has 0 fully saturated rings. The van der Waals surface area contributed by atoms with Gasteiger partial charge < -0.3 is 20.1 Å². The normalized spacial score (nSPS) is 10.1. The summed E-state index contributed by atoms with van der Waals surface area (Å²) in [7, 11) is 3.16. The van der Waals surface area contributed by atoms with Crippen LogP contribution in [0.15, 0.2) is 42.5 Å². The molecule has 0 heterocycles. The number of carbonyl (C=O) groups excluding carboxylic acids is 1. The van der Waals surface area contributed by atoms with Crippen LogP contribution in [0.1, 0.15) is 18.9 Å². The molecule has 2 rings (SSSR count). The van der Waals surface area contributed by atoms with E-state index in [9.17, 15) is 4.79 Å². The summed E-state index contributed by atoms with van der Waals surface area (Å²) < 4.78 is 10.4. The third-order valence-electron chi connectivity index (χ3n) is 3.75. The van der Waals surface area contributed by atoms with E-state index >= 15 is 0 Å². The van der Waals surface area contributed by atoms with Crippen LogP contribution in [-0.4, -0.2) is 26.7 Å². The smallest absolute Gasteiger partial charge is 0.226 e. The minimum Gasteiger partial charge on any atom is -0.497 e. The third kappa shape index (κ3) is 4.65. The Bertz CT molecular complexity index is 686. The number of anilines is 2. The van der Waals surface area contributed by atoms with Crippen molar-refractivity contribution in [1.29, 1.82) is 0 Å². The number of methoxy groups -OCH3 is 2. The fraction of sp³-hybridized carbons (Fsp3) is 0.316. The molecule has 0 unspecified atom stereocenters. The molecule has 5 heteroatoms. The van der Waals surface area contributed by atoms with Crippen molar-refractivity contribution in [2.45, 2.75) is 19.8 Å². The van der Waals surface area contributed by atoms with Crippen LogP contribution in [0.25, 0.3) is 0 Å². The van der Waals surface area contributed by atoms with Gasteiger partial charge in [0.1, 0.15) is 11.5 Å². The summed E-state index contributed by atoms with van der Waals surface area (Å²) in [6, 6.07) is 13.4. The summed E-state index contributed by atoms with van der Waals surface area (Å²) in [4.78, 5) is 12.2. The molecule has 0 atom stereocenters. The first-order valence-corrected chi connectivity index (χ1v) is 8.01. The Morgan fingerprint density at radius 2 is 1.83 bits per heavy atom. The Labute approximate surface area is 143 Å². The topological polar surface area (TPSA) is 59.6 Å². The van der Waals surface area contributed by atoms with Crippen LogP contribution in [0.2, 0.25) is 0 Å². The first kappa shape index (κ1) is 17.7. The number of para-hydroxylation sites is 1. The number of benzene rings is 2. The highest BCUT2D eigenvalue weighted by atomic mass is 16.5. The third-order valence-corrected chi connectivity index (χ3v) is 3.75. The molecule has 0 spiro atoms. The summed E-state index contributed by atoms with van der Waals surface area (Å²) in [5, 5.41) is 6.18. The van der Waals surface area contributed by atoms with E-state index in [4.69, 9.17) is 9.47 Å². The van der Waals surface area contributed by atoms with Gasteiger partial charge in [-0.05, 0) is 30.2 Å². The van der Waals surface area contributed by atoms with Gasteiger partial charge in [0, 0.05) is 24.7 Å². The molecule has 0 bridgehead atoms. The first-order chi connectivity index (χ1) is 11.7. The van der Waals surface area contributed by atoms with Crippen molar-refractivity contribution in [3.05, 3.63) is 48.0 Å². The van der Waals surface area contributed by atoms with Crippen molar-refractivity contribution in [1.82, 2.24) is 0 Å². The van der Waals surface area contributed by atoms with Gasteiger partial charge in [0.05, 0.1) is 19.9 Å². The lowest BCUT2D eigenvalue weighted by atomic mass is 10.1. The van der Waals surface area contributed by atoms with Gasteiger partial charge in [-0.2, -0.15) is 0 Å². The molecule has 0 saturated heterocycles. The van der Waals surface area contributed by atoms with Crippen LogP contribution < -0.4 is 20.1 Å². The largest absolute Gasteiger partial charge is 0.497 e. The van der Waals surface area contributed by atoms with Gasteiger partial charge in [-0.25, -0.2) is 0 Å². The lowest BCUT2D eigenvalue weighted by Gasteiger charge is -2.13. The van der Waals surface area contributed by atoms with Crippen LogP contribution in [0, 0.1) is 0 Å². The number of hydrogen-bond donors (Lipinski definition) is 2. The molecule has 0 aliphatic carbocycles. The lowest BCUT2D eigenvalue weighted by molar-refractivity contribution is -0.116. The molecule has 0 aliphatic rings. The van der Waals surface area contributed by atoms with Gasteiger partial charge in [-0.1, -0.05) is 25.1 Å². The highest BCUT2D eigenvalue weighted by molar-refractivity contribution is 5.92. The molecule has 5 nitrogen and oxygen atoms in total. The Morgan fingerprint density at radius 3 is 2.54 bits per heavy atom. The number of amides is 1. The number of ether oxygens (including phenoxy) is 2. The first-order valence-electron chi connectivity index (χ1n) is 8.01. The van der Waals surface area contributed by atoms with E-state index in [1.54, 1.807) is 32.4 Å². The average Bonchev–Trinajstić information content (AvgIpc) is 2.62. The van der Waals surface area contributed by atoms with Gasteiger partial charge in [-0.3, -0.25) is 4.79 Å². The predicted molar refractivity (Wildman–Crippen MR) is 97.1 cm³/mol. The van der Waals surface area contributed by atoms with Crippen LogP contribution >= 0.6 is 0 Å². The van der Waals surface area contributed by atoms with Crippen LogP contribution in [-0.2, 0) is 11.2 Å². The zero-order valence-corrected chi connectivity index (χ0v) is 14.4. The SMILES string of the molecule is CCc1ccccc1NCCC(=O)Nc1cc(OC)ccc1OC. The fourth-order valence-electron chi connectivity index (χ4n) is 2.44. The quantitative estimate of drug-likeness (QED) is 0.775. The second-order valence-corrected chi connectivity index (χ2v) is 5.30. The van der Waals surface area contributed by atoms with Gasteiger partial charge in [-0.15, -0.1) is 0 Å². The van der Waals surface area contributed by atoms with Gasteiger partial charge >= 0.3 is 0 Å². The minimum absolute atomic E-state index is 0.0805. The molecule has 0 saturated carbocycles. The summed E-state index contributed by atoms with van der Waals surface area (Å²) in [5.41, 5.74) is 2.93. The van der Waals surface area contributed by atoms with Crippen molar-refractivity contribution in [3.8, 4) is 11.5 Å². The second kappa shape index (κ2) is 8.82. The summed E-state index contributed by atoms with van der Waals surface area (Å²) in [5.74, 6) is 1.19. The van der Waals surface area contributed by atoms with Crippen molar-refractivity contribution >= 4 is 17.3 Å². The Kier molecular flexibility index (Phi) is 6.49. The Balaban J connectivity index is 1.92. The zero-order chi connectivity index (χ0) is 17.4. The number of aryl methyl sites for hydroxylation is 1. The summed E-state index contributed by atoms with van der Waals surface area (Å²) in [6.07, 6.45) is 1.31.